The number of hydrogen-bond acceptors (Lipinski definition) is 5. The highest BCUT2D eigenvalue weighted by Crippen LogP contribution is 2.29. The van der Waals surface area contributed by atoms with Crippen LogP contribution in [0.5, 0.6) is 5.75 Å². The Kier molecular flexibility index (Phi) is 6.55. The molecule has 0 bridgehead atoms. The summed E-state index contributed by atoms with van der Waals surface area (Å²) in [4.78, 5) is 14.1. The Morgan fingerprint density at radius 3 is 2.40 bits per heavy atom. The lowest BCUT2D eigenvalue weighted by atomic mass is 10.1. The molecule has 1 saturated heterocycles. The Hall–Kier alpha value is -2.74. The minimum Gasteiger partial charge on any atom is -0.491 e. The van der Waals surface area contributed by atoms with E-state index in [0.717, 1.165) is 37.9 Å². The van der Waals surface area contributed by atoms with Gasteiger partial charge in [0.1, 0.15) is 5.75 Å². The normalized spacial score (nSPS) is 14.6. The highest BCUT2D eigenvalue weighted by Gasteiger charge is 2.21. The van der Waals surface area contributed by atoms with Gasteiger partial charge >= 0.3 is 0 Å². The van der Waals surface area contributed by atoms with Crippen LogP contribution >= 0.6 is 0 Å². The maximum atomic E-state index is 12.9. The van der Waals surface area contributed by atoms with Gasteiger partial charge < -0.3 is 15.4 Å². The summed E-state index contributed by atoms with van der Waals surface area (Å²) in [6, 6.07) is 9.61. The van der Waals surface area contributed by atoms with Crippen molar-refractivity contribution in [3.8, 4) is 5.75 Å². The molecule has 0 spiro atoms. The van der Waals surface area contributed by atoms with E-state index in [4.69, 9.17) is 10.5 Å². The topological polar surface area (TPSA) is 102 Å². The van der Waals surface area contributed by atoms with E-state index in [1.165, 1.54) is 6.07 Å². The Balaban J connectivity index is 1.89. The van der Waals surface area contributed by atoms with E-state index >= 15 is 0 Å². The Labute approximate surface area is 178 Å². The molecule has 2 aromatic rings. The van der Waals surface area contributed by atoms with Crippen molar-refractivity contribution >= 4 is 27.3 Å². The number of ether oxygens (including phenoxy) is 1. The van der Waals surface area contributed by atoms with E-state index in [1.807, 2.05) is 20.8 Å². The van der Waals surface area contributed by atoms with Gasteiger partial charge in [0.15, 0.2) is 0 Å². The Morgan fingerprint density at radius 2 is 1.80 bits per heavy atom. The minimum atomic E-state index is -3.80. The molecule has 8 heteroatoms. The summed E-state index contributed by atoms with van der Waals surface area (Å²) in [5.74, 6) is 0.128. The molecule has 0 atom stereocenters. The molecule has 1 aliphatic rings. The summed E-state index contributed by atoms with van der Waals surface area (Å²) in [6.07, 6.45) is 3.20. The number of carbonyl (C=O) groups excluding carboxylic acids is 1. The fourth-order valence-electron chi connectivity index (χ4n) is 3.59. The van der Waals surface area contributed by atoms with E-state index in [9.17, 15) is 13.2 Å². The molecular weight excluding hydrogens is 402 g/mol. The molecular formula is C22H29N3O4S. The van der Waals surface area contributed by atoms with Crippen LogP contribution in [0.3, 0.4) is 0 Å². The summed E-state index contributed by atoms with van der Waals surface area (Å²) in [5.41, 5.74) is 7.73. The van der Waals surface area contributed by atoms with E-state index in [-0.39, 0.29) is 11.0 Å². The van der Waals surface area contributed by atoms with Crippen LogP contribution in [0.2, 0.25) is 0 Å². The van der Waals surface area contributed by atoms with Gasteiger partial charge in [0.05, 0.1) is 27.9 Å². The number of hydrogen-bond donors (Lipinski definition) is 2. The molecule has 0 aliphatic carbocycles. The molecule has 1 aliphatic heterocycles. The van der Waals surface area contributed by atoms with Gasteiger partial charge in [0, 0.05) is 13.1 Å². The van der Waals surface area contributed by atoms with Crippen LogP contribution in [0.25, 0.3) is 0 Å². The molecule has 0 saturated carbocycles. The minimum absolute atomic E-state index is 0.00117. The third-order valence-corrected chi connectivity index (χ3v) is 6.41. The highest BCUT2D eigenvalue weighted by atomic mass is 32.2. The largest absolute Gasteiger partial charge is 0.491 e. The summed E-state index contributed by atoms with van der Waals surface area (Å²) in [5, 5.41) is 0. The SMILES string of the molecule is Cc1cc(S(=O)(=O)Nc2ccc(C(N)=O)c(N3CCCCC3)c2)ccc1OC(C)C. The smallest absolute Gasteiger partial charge is 0.261 e. The maximum absolute atomic E-state index is 12.9. The second kappa shape index (κ2) is 8.95. The monoisotopic (exact) mass is 431 g/mol. The number of benzene rings is 2. The van der Waals surface area contributed by atoms with Crippen LogP contribution in [-0.2, 0) is 10.0 Å². The van der Waals surface area contributed by atoms with Crippen molar-refractivity contribution in [2.75, 3.05) is 22.7 Å². The third-order valence-electron chi connectivity index (χ3n) is 5.03. The van der Waals surface area contributed by atoms with Gasteiger partial charge in [-0.1, -0.05) is 0 Å². The predicted octanol–water partition coefficient (Wildman–Crippen LogP) is 3.67. The number of anilines is 2. The van der Waals surface area contributed by atoms with E-state index in [1.54, 1.807) is 30.3 Å². The zero-order chi connectivity index (χ0) is 21.9. The fourth-order valence-corrected chi connectivity index (χ4v) is 4.72. The Bertz CT molecular complexity index is 1030. The van der Waals surface area contributed by atoms with Crippen LogP contribution in [0.1, 0.15) is 49.0 Å². The molecule has 1 heterocycles. The maximum Gasteiger partial charge on any atom is 0.261 e. The number of sulfonamides is 1. The van der Waals surface area contributed by atoms with Gasteiger partial charge in [-0.2, -0.15) is 0 Å². The Morgan fingerprint density at radius 1 is 1.10 bits per heavy atom. The van der Waals surface area contributed by atoms with Gasteiger partial charge in [-0.15, -0.1) is 0 Å². The van der Waals surface area contributed by atoms with Crippen molar-refractivity contribution in [3.05, 3.63) is 47.5 Å². The van der Waals surface area contributed by atoms with E-state index in [2.05, 4.69) is 9.62 Å². The second-order valence-corrected chi connectivity index (χ2v) is 9.53. The van der Waals surface area contributed by atoms with Crippen LogP contribution in [0, 0.1) is 6.92 Å². The van der Waals surface area contributed by atoms with Crippen molar-refractivity contribution in [1.29, 1.82) is 0 Å². The van der Waals surface area contributed by atoms with Crippen LogP contribution in [0.4, 0.5) is 11.4 Å². The first kappa shape index (κ1) is 22.0. The third kappa shape index (κ3) is 5.05. The molecule has 2 aromatic carbocycles. The zero-order valence-corrected chi connectivity index (χ0v) is 18.5. The summed E-state index contributed by atoms with van der Waals surface area (Å²) in [7, 11) is -3.80. The number of nitrogens with one attached hydrogen (secondary N) is 1. The quantitative estimate of drug-likeness (QED) is 0.696. The van der Waals surface area contributed by atoms with Gasteiger partial charge in [-0.25, -0.2) is 8.42 Å². The van der Waals surface area contributed by atoms with Gasteiger partial charge in [-0.05, 0) is 82.0 Å². The fraction of sp³-hybridized carbons (Fsp3) is 0.409. The van der Waals surface area contributed by atoms with E-state index < -0.39 is 15.9 Å². The standard InChI is InChI=1S/C22H29N3O4S/c1-15(2)29-21-10-8-18(13-16(21)3)30(27,28)24-17-7-9-19(22(23)26)20(14-17)25-11-5-4-6-12-25/h7-10,13-15,24H,4-6,11-12H2,1-3H3,(H2,23,26). The van der Waals surface area contributed by atoms with Crippen LogP contribution in [-0.4, -0.2) is 33.5 Å². The number of aryl methyl sites for hydroxylation is 1. The zero-order valence-electron chi connectivity index (χ0n) is 17.6. The highest BCUT2D eigenvalue weighted by molar-refractivity contribution is 7.92. The van der Waals surface area contributed by atoms with Gasteiger partial charge in [0.25, 0.3) is 15.9 Å². The van der Waals surface area contributed by atoms with E-state index in [0.29, 0.717) is 22.7 Å². The first-order valence-corrected chi connectivity index (χ1v) is 11.6. The molecule has 1 amide bonds. The molecule has 7 nitrogen and oxygen atoms in total. The molecule has 162 valence electrons. The second-order valence-electron chi connectivity index (χ2n) is 7.84. The number of piperidine rings is 1. The molecule has 0 unspecified atom stereocenters. The molecule has 30 heavy (non-hydrogen) atoms. The van der Waals surface area contributed by atoms with Crippen molar-refractivity contribution in [3.63, 3.8) is 0 Å². The van der Waals surface area contributed by atoms with Crippen molar-refractivity contribution in [2.24, 2.45) is 5.73 Å². The van der Waals surface area contributed by atoms with Crippen molar-refractivity contribution in [1.82, 2.24) is 0 Å². The molecule has 1 fully saturated rings. The lowest BCUT2D eigenvalue weighted by Crippen LogP contribution is -2.31. The predicted molar refractivity (Wildman–Crippen MR) is 119 cm³/mol. The van der Waals surface area contributed by atoms with Crippen LogP contribution in [0.15, 0.2) is 41.3 Å². The summed E-state index contributed by atoms with van der Waals surface area (Å²) < 4.78 is 34.2. The van der Waals surface area contributed by atoms with Gasteiger partial charge in [0.2, 0.25) is 0 Å². The number of amides is 1. The lowest BCUT2D eigenvalue weighted by Gasteiger charge is -2.30. The molecule has 3 rings (SSSR count). The number of nitrogens with zero attached hydrogens (tertiary/aromatic N) is 1. The summed E-state index contributed by atoms with van der Waals surface area (Å²) in [6.45, 7) is 7.27. The molecule has 0 radical (unpaired) electrons. The number of primary amides is 1. The molecule has 3 N–H and O–H groups in total. The lowest BCUT2D eigenvalue weighted by molar-refractivity contribution is 0.100. The van der Waals surface area contributed by atoms with Gasteiger partial charge in [-0.3, -0.25) is 9.52 Å². The number of carbonyl (C=O) groups is 1. The average Bonchev–Trinajstić information content (AvgIpc) is 2.69. The number of rotatable bonds is 7. The number of nitrogens with two attached hydrogens (primary N) is 1. The molecule has 0 aromatic heterocycles. The first-order valence-electron chi connectivity index (χ1n) is 10.2. The van der Waals surface area contributed by atoms with Crippen molar-refractivity contribution in [2.45, 2.75) is 51.0 Å². The first-order chi connectivity index (χ1) is 14.2. The summed E-state index contributed by atoms with van der Waals surface area (Å²) >= 11 is 0. The van der Waals surface area contributed by atoms with Crippen LogP contribution < -0.4 is 20.1 Å². The van der Waals surface area contributed by atoms with Crippen molar-refractivity contribution < 1.29 is 17.9 Å². The average molecular weight is 432 g/mol.